The zero-order valence-electron chi connectivity index (χ0n) is 13.8. The van der Waals surface area contributed by atoms with Gasteiger partial charge in [0.05, 0.1) is 10.6 Å². The van der Waals surface area contributed by atoms with Crippen LogP contribution in [0.5, 0.6) is 0 Å². The molecule has 3 aromatic heterocycles. The molecule has 7 heteroatoms. The average molecular weight is 400 g/mol. The van der Waals surface area contributed by atoms with E-state index < -0.39 is 0 Å². The van der Waals surface area contributed by atoms with Crippen LogP contribution < -0.4 is 5.32 Å². The lowest BCUT2D eigenvalue weighted by atomic mass is 10.2. The first-order chi connectivity index (χ1) is 12.7. The first kappa shape index (κ1) is 17.2. The van der Waals surface area contributed by atoms with Crippen molar-refractivity contribution in [1.29, 1.82) is 0 Å². The Balaban J connectivity index is 1.73. The van der Waals surface area contributed by atoms with Gasteiger partial charge in [0.25, 0.3) is 0 Å². The molecule has 26 heavy (non-hydrogen) atoms. The molecule has 4 aromatic rings. The zero-order valence-corrected chi connectivity index (χ0v) is 16.2. The Morgan fingerprint density at radius 1 is 1.08 bits per heavy atom. The van der Waals surface area contributed by atoms with E-state index in [1.165, 1.54) is 29.2 Å². The highest BCUT2D eigenvalue weighted by atomic mass is 32.2. The molecule has 1 aromatic carbocycles. The molecule has 0 unspecified atom stereocenters. The number of pyridine rings is 1. The van der Waals surface area contributed by atoms with Gasteiger partial charge in [0, 0.05) is 26.9 Å². The summed E-state index contributed by atoms with van der Waals surface area (Å²) in [5, 5.41) is 8.04. The lowest BCUT2D eigenvalue weighted by molar-refractivity contribution is 0.602. The van der Waals surface area contributed by atoms with E-state index in [4.69, 9.17) is 0 Å². The van der Waals surface area contributed by atoms with Crippen molar-refractivity contribution in [2.75, 3.05) is 5.32 Å². The number of aryl methyl sites for hydroxylation is 1. The number of nitrogens with one attached hydrogen (secondary N) is 1. The predicted molar refractivity (Wildman–Crippen MR) is 108 cm³/mol. The van der Waals surface area contributed by atoms with Crippen LogP contribution >= 0.6 is 34.4 Å². The van der Waals surface area contributed by atoms with E-state index in [0.29, 0.717) is 10.7 Å². The van der Waals surface area contributed by atoms with Crippen LogP contribution in [0.3, 0.4) is 0 Å². The predicted octanol–water partition coefficient (Wildman–Crippen LogP) is 6.61. The van der Waals surface area contributed by atoms with Crippen LogP contribution in [0.4, 0.5) is 15.3 Å². The second-order valence-corrected chi connectivity index (χ2v) is 8.39. The Morgan fingerprint density at radius 3 is 2.69 bits per heavy atom. The molecule has 0 radical (unpaired) electrons. The van der Waals surface area contributed by atoms with E-state index in [1.807, 2.05) is 42.1 Å². The Hall–Kier alpha value is -2.22. The van der Waals surface area contributed by atoms with Gasteiger partial charge in [0.2, 0.25) is 0 Å². The van der Waals surface area contributed by atoms with Gasteiger partial charge in [-0.15, -0.1) is 22.7 Å². The Morgan fingerprint density at radius 2 is 1.96 bits per heavy atom. The third-order valence-corrected chi connectivity index (χ3v) is 6.44. The fraction of sp³-hybridized carbons (Fsp3) is 0.0526. The largest absolute Gasteiger partial charge is 0.315 e. The third-order valence-electron chi connectivity index (χ3n) is 3.56. The number of halogens is 1. The number of benzene rings is 1. The summed E-state index contributed by atoms with van der Waals surface area (Å²) in [5.74, 6) is 0.433. The summed E-state index contributed by atoms with van der Waals surface area (Å²) in [7, 11) is 0. The summed E-state index contributed by atoms with van der Waals surface area (Å²) in [4.78, 5) is 11.6. The highest BCUT2D eigenvalue weighted by molar-refractivity contribution is 7.99. The maximum atomic E-state index is 14.1. The van der Waals surface area contributed by atoms with Crippen LogP contribution in [0.15, 0.2) is 69.2 Å². The highest BCUT2D eigenvalue weighted by Gasteiger charge is 2.13. The minimum absolute atomic E-state index is 0.241. The van der Waals surface area contributed by atoms with Crippen molar-refractivity contribution in [3.63, 3.8) is 0 Å². The van der Waals surface area contributed by atoms with Gasteiger partial charge in [-0.3, -0.25) is 0 Å². The normalized spacial score (nSPS) is 10.8. The highest BCUT2D eigenvalue weighted by Crippen LogP contribution is 2.38. The summed E-state index contributed by atoms with van der Waals surface area (Å²) >= 11 is 4.53. The molecule has 0 saturated heterocycles. The van der Waals surface area contributed by atoms with Crippen molar-refractivity contribution in [3.05, 3.63) is 70.9 Å². The second-order valence-electron chi connectivity index (χ2n) is 5.50. The summed E-state index contributed by atoms with van der Waals surface area (Å²) < 4.78 is 14.1. The molecule has 3 heterocycles. The fourth-order valence-corrected chi connectivity index (χ4v) is 4.68. The van der Waals surface area contributed by atoms with Crippen molar-refractivity contribution >= 4 is 45.4 Å². The topological polar surface area (TPSA) is 37.8 Å². The van der Waals surface area contributed by atoms with Gasteiger partial charge in [0.15, 0.2) is 5.13 Å². The average Bonchev–Trinajstić information content (AvgIpc) is 3.30. The molecule has 0 amide bonds. The second kappa shape index (κ2) is 7.57. The van der Waals surface area contributed by atoms with E-state index >= 15 is 0 Å². The molecular formula is C19H14FN3S3. The van der Waals surface area contributed by atoms with Crippen LogP contribution in [-0.2, 0) is 0 Å². The number of anilines is 2. The van der Waals surface area contributed by atoms with Crippen molar-refractivity contribution in [3.8, 4) is 10.4 Å². The van der Waals surface area contributed by atoms with Crippen LogP contribution in [-0.4, -0.2) is 9.97 Å². The maximum absolute atomic E-state index is 14.1. The van der Waals surface area contributed by atoms with Gasteiger partial charge in [-0.05, 0) is 36.6 Å². The smallest absolute Gasteiger partial charge is 0.188 e. The summed E-state index contributed by atoms with van der Waals surface area (Å²) in [5.41, 5.74) is 1.97. The molecule has 0 bridgehead atoms. The van der Waals surface area contributed by atoms with Crippen molar-refractivity contribution in [1.82, 2.24) is 9.97 Å². The minimum Gasteiger partial charge on any atom is -0.315 e. The number of nitrogens with zero attached hydrogens (tertiary/aromatic N) is 2. The first-order valence-electron chi connectivity index (χ1n) is 7.84. The SMILES string of the molecule is Cc1csc(Nc2ncc(-c3cccs3)cc2Sc2ccccc2F)n1. The van der Waals surface area contributed by atoms with Crippen LogP contribution in [0.1, 0.15) is 5.69 Å². The summed E-state index contributed by atoms with van der Waals surface area (Å²) in [6.07, 6.45) is 1.83. The van der Waals surface area contributed by atoms with Crippen LogP contribution in [0, 0.1) is 12.7 Å². The number of aromatic nitrogens is 2. The molecule has 0 atom stereocenters. The quantitative estimate of drug-likeness (QED) is 0.410. The van der Waals surface area contributed by atoms with Gasteiger partial charge in [0.1, 0.15) is 11.6 Å². The standard InChI is InChI=1S/C19H14FN3S3/c1-12-11-25-19(22-12)23-18-17(26-16-6-3-2-5-14(16)20)9-13(10-21-18)15-7-4-8-24-15/h2-11H,1H3,(H,21,22,23). The molecule has 0 aliphatic carbocycles. The number of rotatable bonds is 5. The van der Waals surface area contributed by atoms with Crippen LogP contribution in [0.25, 0.3) is 10.4 Å². The molecule has 3 nitrogen and oxygen atoms in total. The summed E-state index contributed by atoms with van der Waals surface area (Å²) in [6, 6.07) is 12.9. The van der Waals surface area contributed by atoms with Crippen LogP contribution in [0.2, 0.25) is 0 Å². The van der Waals surface area contributed by atoms with E-state index in [9.17, 15) is 4.39 Å². The van der Waals surface area contributed by atoms with Gasteiger partial charge in [-0.2, -0.15) is 0 Å². The lowest BCUT2D eigenvalue weighted by Crippen LogP contribution is -1.96. The molecule has 0 spiro atoms. The van der Waals surface area contributed by atoms with E-state index in [-0.39, 0.29) is 5.82 Å². The van der Waals surface area contributed by atoms with Gasteiger partial charge in [-0.25, -0.2) is 14.4 Å². The van der Waals surface area contributed by atoms with Gasteiger partial charge in [-0.1, -0.05) is 30.0 Å². The molecule has 0 fully saturated rings. The maximum Gasteiger partial charge on any atom is 0.188 e. The molecule has 0 aliphatic heterocycles. The van der Waals surface area contributed by atoms with E-state index in [1.54, 1.807) is 23.5 Å². The molecule has 4 rings (SSSR count). The molecule has 0 saturated carbocycles. The molecule has 130 valence electrons. The Bertz CT molecular complexity index is 1030. The number of thiazole rings is 1. The van der Waals surface area contributed by atoms with Crippen molar-refractivity contribution in [2.24, 2.45) is 0 Å². The minimum atomic E-state index is -0.241. The van der Waals surface area contributed by atoms with Crippen molar-refractivity contribution < 1.29 is 4.39 Å². The summed E-state index contributed by atoms with van der Waals surface area (Å²) in [6.45, 7) is 1.95. The molecule has 1 N–H and O–H groups in total. The first-order valence-corrected chi connectivity index (χ1v) is 10.4. The van der Waals surface area contributed by atoms with Crippen molar-refractivity contribution in [2.45, 2.75) is 16.7 Å². The zero-order chi connectivity index (χ0) is 17.9. The number of thiophene rings is 1. The fourth-order valence-electron chi connectivity index (χ4n) is 2.35. The Labute approximate surface area is 163 Å². The van der Waals surface area contributed by atoms with Gasteiger partial charge < -0.3 is 5.32 Å². The number of hydrogen-bond acceptors (Lipinski definition) is 6. The Kier molecular flexibility index (Phi) is 5.01. The molecular weight excluding hydrogens is 385 g/mol. The van der Waals surface area contributed by atoms with E-state index in [0.717, 1.165) is 26.2 Å². The monoisotopic (exact) mass is 399 g/mol. The number of hydrogen-bond donors (Lipinski definition) is 1. The lowest BCUT2D eigenvalue weighted by Gasteiger charge is -2.11. The van der Waals surface area contributed by atoms with Gasteiger partial charge >= 0.3 is 0 Å². The van der Waals surface area contributed by atoms with E-state index in [2.05, 4.69) is 21.4 Å². The third kappa shape index (κ3) is 3.80. The molecule has 0 aliphatic rings.